The average Bonchev–Trinajstić information content (AvgIpc) is 2.78. The van der Waals surface area contributed by atoms with Crippen LogP contribution < -0.4 is 0 Å². The molecule has 2 saturated carbocycles. The second kappa shape index (κ2) is 10.2. The van der Waals surface area contributed by atoms with E-state index in [0.29, 0.717) is 30.3 Å². The van der Waals surface area contributed by atoms with Crippen molar-refractivity contribution in [3.8, 4) is 11.1 Å². The van der Waals surface area contributed by atoms with Gasteiger partial charge in [0.1, 0.15) is 17.5 Å². The van der Waals surface area contributed by atoms with Gasteiger partial charge in [-0.25, -0.2) is 13.2 Å². The molecule has 4 unspecified atom stereocenters. The Balaban J connectivity index is 1.48. The molecule has 2 aliphatic carbocycles. The van der Waals surface area contributed by atoms with E-state index in [-0.39, 0.29) is 23.1 Å². The molecular formula is C28H33F3O. The van der Waals surface area contributed by atoms with Crippen molar-refractivity contribution in [2.45, 2.75) is 70.3 Å². The summed E-state index contributed by atoms with van der Waals surface area (Å²) in [4.78, 5) is 0. The van der Waals surface area contributed by atoms with E-state index < -0.39 is 17.5 Å². The Morgan fingerprint density at radius 2 is 1.66 bits per heavy atom. The third-order valence-corrected chi connectivity index (χ3v) is 7.48. The molecule has 4 rings (SSSR count). The summed E-state index contributed by atoms with van der Waals surface area (Å²) < 4.78 is 49.8. The number of ether oxygens (including phenoxy) is 1. The van der Waals surface area contributed by atoms with Crippen molar-refractivity contribution in [1.29, 1.82) is 0 Å². The van der Waals surface area contributed by atoms with Crippen LogP contribution in [0.5, 0.6) is 0 Å². The van der Waals surface area contributed by atoms with Crippen molar-refractivity contribution in [1.82, 2.24) is 0 Å². The summed E-state index contributed by atoms with van der Waals surface area (Å²) in [6.45, 7) is 6.43. The molecular weight excluding hydrogens is 409 g/mol. The SMILES string of the molecule is C=CCCc1c(F)cc(-c2ccc(C3CCC4CC(OCC)CCC4C3)cc2F)cc1F. The quantitative estimate of drug-likeness (QED) is 0.395. The highest BCUT2D eigenvalue weighted by Crippen LogP contribution is 2.47. The van der Waals surface area contributed by atoms with Crippen molar-refractivity contribution in [3.63, 3.8) is 0 Å². The Labute approximate surface area is 189 Å². The summed E-state index contributed by atoms with van der Waals surface area (Å²) in [5.74, 6) is 0.0591. The van der Waals surface area contributed by atoms with E-state index in [2.05, 4.69) is 13.5 Å². The van der Waals surface area contributed by atoms with Gasteiger partial charge in [-0.05, 0) is 105 Å². The van der Waals surface area contributed by atoms with Crippen molar-refractivity contribution in [3.05, 3.63) is 71.6 Å². The second-order valence-corrected chi connectivity index (χ2v) is 9.41. The van der Waals surface area contributed by atoms with Crippen LogP contribution in [0.4, 0.5) is 13.2 Å². The fourth-order valence-corrected chi connectivity index (χ4v) is 5.80. The maximum Gasteiger partial charge on any atom is 0.131 e. The van der Waals surface area contributed by atoms with Gasteiger partial charge < -0.3 is 4.74 Å². The molecule has 32 heavy (non-hydrogen) atoms. The van der Waals surface area contributed by atoms with Crippen LogP contribution in [0.1, 0.15) is 68.9 Å². The molecule has 0 bridgehead atoms. The Morgan fingerprint density at radius 1 is 0.938 bits per heavy atom. The normalized spacial score (nSPS) is 25.4. The molecule has 172 valence electrons. The molecule has 4 heteroatoms. The number of hydrogen-bond acceptors (Lipinski definition) is 1. The first kappa shape index (κ1) is 23.1. The highest BCUT2D eigenvalue weighted by atomic mass is 19.1. The largest absolute Gasteiger partial charge is 0.378 e. The van der Waals surface area contributed by atoms with Gasteiger partial charge in [-0.3, -0.25) is 0 Å². The molecule has 0 N–H and O–H groups in total. The lowest BCUT2D eigenvalue weighted by molar-refractivity contribution is -0.00956. The molecule has 0 radical (unpaired) electrons. The number of fused-ring (bicyclic) bond motifs is 1. The van der Waals surface area contributed by atoms with Gasteiger partial charge in [-0.1, -0.05) is 18.2 Å². The lowest BCUT2D eigenvalue weighted by atomic mass is 9.65. The van der Waals surface area contributed by atoms with Gasteiger partial charge in [0.25, 0.3) is 0 Å². The van der Waals surface area contributed by atoms with Gasteiger partial charge in [-0.2, -0.15) is 0 Å². The Bertz CT molecular complexity index is 931. The summed E-state index contributed by atoms with van der Waals surface area (Å²) in [7, 11) is 0. The zero-order chi connectivity index (χ0) is 22.7. The topological polar surface area (TPSA) is 9.23 Å². The van der Waals surface area contributed by atoms with E-state index in [4.69, 9.17) is 4.74 Å². The molecule has 0 aliphatic heterocycles. The van der Waals surface area contributed by atoms with Crippen molar-refractivity contribution < 1.29 is 17.9 Å². The van der Waals surface area contributed by atoms with Gasteiger partial charge in [0.05, 0.1) is 6.10 Å². The number of halogens is 3. The molecule has 4 atom stereocenters. The standard InChI is InChI=1S/C28H33F3O/c1-3-5-6-25-27(30)16-22(17-28(25)31)24-12-10-21(15-26(24)29)18-7-8-20-14-23(32-4-2)11-9-19(20)13-18/h3,10,12,15-20,23H,1,4-9,11,13-14H2,2H3. The Morgan fingerprint density at radius 3 is 2.34 bits per heavy atom. The average molecular weight is 443 g/mol. The van der Waals surface area contributed by atoms with Gasteiger partial charge in [0.15, 0.2) is 0 Å². The van der Waals surface area contributed by atoms with Crippen LogP contribution in [0.25, 0.3) is 11.1 Å². The third kappa shape index (κ3) is 4.96. The molecule has 0 amide bonds. The monoisotopic (exact) mass is 442 g/mol. The number of hydrogen-bond donors (Lipinski definition) is 0. The van der Waals surface area contributed by atoms with Crippen molar-refractivity contribution >= 4 is 0 Å². The first-order chi connectivity index (χ1) is 15.5. The Hall–Kier alpha value is -2.07. The Kier molecular flexibility index (Phi) is 7.40. The number of rotatable bonds is 7. The van der Waals surface area contributed by atoms with E-state index >= 15 is 4.39 Å². The zero-order valence-electron chi connectivity index (χ0n) is 18.9. The molecule has 0 heterocycles. The van der Waals surface area contributed by atoms with Gasteiger partial charge >= 0.3 is 0 Å². The van der Waals surface area contributed by atoms with E-state index in [0.717, 1.165) is 44.3 Å². The van der Waals surface area contributed by atoms with Crippen LogP contribution in [0.15, 0.2) is 43.0 Å². The molecule has 0 spiro atoms. The first-order valence-corrected chi connectivity index (χ1v) is 12.0. The fraction of sp³-hybridized carbons (Fsp3) is 0.500. The fourth-order valence-electron chi connectivity index (χ4n) is 5.80. The van der Waals surface area contributed by atoms with Crippen LogP contribution in [0.2, 0.25) is 0 Å². The number of benzene rings is 2. The predicted molar refractivity (Wildman–Crippen MR) is 123 cm³/mol. The molecule has 0 saturated heterocycles. The van der Waals surface area contributed by atoms with Crippen LogP contribution in [0.3, 0.4) is 0 Å². The van der Waals surface area contributed by atoms with E-state index in [9.17, 15) is 8.78 Å². The van der Waals surface area contributed by atoms with Crippen LogP contribution in [-0.4, -0.2) is 12.7 Å². The summed E-state index contributed by atoms with van der Waals surface area (Å²) in [5, 5.41) is 0. The van der Waals surface area contributed by atoms with Gasteiger partial charge in [-0.15, -0.1) is 6.58 Å². The summed E-state index contributed by atoms with van der Waals surface area (Å²) in [6.07, 6.45) is 9.52. The second-order valence-electron chi connectivity index (χ2n) is 9.41. The van der Waals surface area contributed by atoms with E-state index in [1.54, 1.807) is 18.2 Å². The highest BCUT2D eigenvalue weighted by molar-refractivity contribution is 5.65. The predicted octanol–water partition coefficient (Wildman–Crippen LogP) is 7.98. The molecule has 2 aliphatic rings. The molecule has 2 fully saturated rings. The van der Waals surface area contributed by atoms with Crippen molar-refractivity contribution in [2.24, 2.45) is 11.8 Å². The highest BCUT2D eigenvalue weighted by Gasteiger charge is 2.36. The lowest BCUT2D eigenvalue weighted by Gasteiger charge is -2.42. The summed E-state index contributed by atoms with van der Waals surface area (Å²) in [5.41, 5.74) is 1.51. The maximum atomic E-state index is 15.1. The smallest absolute Gasteiger partial charge is 0.131 e. The minimum atomic E-state index is -0.633. The lowest BCUT2D eigenvalue weighted by Crippen LogP contribution is -2.33. The zero-order valence-corrected chi connectivity index (χ0v) is 18.9. The molecule has 2 aromatic carbocycles. The minimum Gasteiger partial charge on any atom is -0.378 e. The number of allylic oxidation sites excluding steroid dienone is 1. The first-order valence-electron chi connectivity index (χ1n) is 12.0. The molecule has 2 aromatic rings. The van der Waals surface area contributed by atoms with Crippen LogP contribution in [0, 0.1) is 29.3 Å². The maximum absolute atomic E-state index is 15.1. The van der Waals surface area contributed by atoms with Crippen LogP contribution in [-0.2, 0) is 11.2 Å². The summed E-state index contributed by atoms with van der Waals surface area (Å²) >= 11 is 0. The van der Waals surface area contributed by atoms with Crippen LogP contribution >= 0.6 is 0 Å². The van der Waals surface area contributed by atoms with E-state index in [1.807, 2.05) is 6.07 Å². The minimum absolute atomic E-state index is 0.0292. The van der Waals surface area contributed by atoms with Gasteiger partial charge in [0.2, 0.25) is 0 Å². The third-order valence-electron chi connectivity index (χ3n) is 7.48. The molecule has 1 nitrogen and oxygen atoms in total. The molecule has 0 aromatic heterocycles. The van der Waals surface area contributed by atoms with Gasteiger partial charge in [0, 0.05) is 17.7 Å². The van der Waals surface area contributed by atoms with Crippen molar-refractivity contribution in [2.75, 3.05) is 6.61 Å². The summed E-state index contributed by atoms with van der Waals surface area (Å²) in [6, 6.07) is 7.67. The van der Waals surface area contributed by atoms with E-state index in [1.165, 1.54) is 18.6 Å².